The van der Waals surface area contributed by atoms with E-state index in [4.69, 9.17) is 4.84 Å². The molecule has 2 fully saturated rings. The topological polar surface area (TPSA) is 67.4 Å². The van der Waals surface area contributed by atoms with Crippen molar-refractivity contribution in [2.45, 2.75) is 51.6 Å². The van der Waals surface area contributed by atoms with Gasteiger partial charge in [0.05, 0.1) is 6.10 Å². The molecule has 18 heavy (non-hydrogen) atoms. The van der Waals surface area contributed by atoms with Gasteiger partial charge in [-0.25, -0.2) is 5.48 Å². The maximum absolute atomic E-state index is 11.5. The molecular formula is C13H22N2O3. The van der Waals surface area contributed by atoms with Crippen LogP contribution in [0.4, 0.5) is 0 Å². The fourth-order valence-corrected chi connectivity index (χ4v) is 2.32. The fraction of sp³-hybridized carbons (Fsp3) is 0.846. The van der Waals surface area contributed by atoms with Crippen molar-refractivity contribution in [1.82, 2.24) is 10.8 Å². The number of hydroxylamine groups is 1. The summed E-state index contributed by atoms with van der Waals surface area (Å²) in [5.41, 5.74) is 2.46. The van der Waals surface area contributed by atoms with Crippen molar-refractivity contribution in [2.75, 3.05) is 6.54 Å². The lowest BCUT2D eigenvalue weighted by molar-refractivity contribution is -0.138. The molecule has 2 aliphatic rings. The van der Waals surface area contributed by atoms with E-state index in [1.807, 2.05) is 0 Å². The van der Waals surface area contributed by atoms with Gasteiger partial charge in [-0.1, -0.05) is 19.8 Å². The summed E-state index contributed by atoms with van der Waals surface area (Å²) in [6.07, 6.45) is 5.83. The van der Waals surface area contributed by atoms with Gasteiger partial charge in [-0.2, -0.15) is 0 Å². The molecule has 0 bridgehead atoms. The summed E-state index contributed by atoms with van der Waals surface area (Å²) in [6, 6.07) is 0. The first-order valence-electron chi connectivity index (χ1n) is 6.89. The average molecular weight is 254 g/mol. The standard InChI is InChI=1S/C13H22N2O3/c1-9-8-11(9)13(17)14-7-6-12(16)15-18-10-4-2-3-5-10/h9-11H,2-8H2,1H3,(H,14,17)(H,15,16). The lowest BCUT2D eigenvalue weighted by Gasteiger charge is -2.11. The lowest BCUT2D eigenvalue weighted by Crippen LogP contribution is -2.33. The minimum atomic E-state index is -0.161. The van der Waals surface area contributed by atoms with Gasteiger partial charge in [0.2, 0.25) is 11.8 Å². The first kappa shape index (κ1) is 13.3. The second-order valence-corrected chi connectivity index (χ2v) is 5.41. The highest BCUT2D eigenvalue weighted by molar-refractivity contribution is 5.82. The Morgan fingerprint density at radius 3 is 2.56 bits per heavy atom. The van der Waals surface area contributed by atoms with Crippen molar-refractivity contribution in [3.8, 4) is 0 Å². The number of hydrogen-bond donors (Lipinski definition) is 2. The zero-order chi connectivity index (χ0) is 13.0. The summed E-state index contributed by atoms with van der Waals surface area (Å²) in [4.78, 5) is 28.2. The van der Waals surface area contributed by atoms with Crippen LogP contribution in [0.15, 0.2) is 0 Å². The third kappa shape index (κ3) is 3.98. The van der Waals surface area contributed by atoms with Crippen LogP contribution >= 0.6 is 0 Å². The van der Waals surface area contributed by atoms with Crippen LogP contribution in [0.5, 0.6) is 0 Å². The molecule has 2 unspecified atom stereocenters. The molecule has 0 spiro atoms. The molecule has 0 saturated heterocycles. The van der Waals surface area contributed by atoms with Gasteiger partial charge in [0, 0.05) is 18.9 Å². The van der Waals surface area contributed by atoms with E-state index in [1.54, 1.807) is 0 Å². The van der Waals surface area contributed by atoms with Gasteiger partial charge in [-0.15, -0.1) is 0 Å². The van der Waals surface area contributed by atoms with E-state index in [9.17, 15) is 9.59 Å². The Morgan fingerprint density at radius 2 is 1.94 bits per heavy atom. The first-order valence-corrected chi connectivity index (χ1v) is 6.89. The minimum absolute atomic E-state index is 0.0759. The molecular weight excluding hydrogens is 232 g/mol. The van der Waals surface area contributed by atoms with Crippen LogP contribution < -0.4 is 10.8 Å². The van der Waals surface area contributed by atoms with Crippen molar-refractivity contribution >= 4 is 11.8 Å². The molecule has 0 heterocycles. The normalized spacial score (nSPS) is 26.9. The summed E-state index contributed by atoms with van der Waals surface area (Å²) < 4.78 is 0. The molecule has 0 aromatic carbocycles. The van der Waals surface area contributed by atoms with Gasteiger partial charge in [-0.05, 0) is 25.2 Å². The summed E-state index contributed by atoms with van der Waals surface area (Å²) in [5, 5.41) is 2.78. The van der Waals surface area contributed by atoms with E-state index in [0.29, 0.717) is 12.5 Å². The number of carbonyl (C=O) groups excluding carboxylic acids is 2. The third-order valence-corrected chi connectivity index (χ3v) is 3.74. The number of rotatable bonds is 6. The van der Waals surface area contributed by atoms with Gasteiger partial charge >= 0.3 is 0 Å². The van der Waals surface area contributed by atoms with Crippen LogP contribution in [0.25, 0.3) is 0 Å². The van der Waals surface area contributed by atoms with Crippen LogP contribution in [0.2, 0.25) is 0 Å². The smallest absolute Gasteiger partial charge is 0.245 e. The highest BCUT2D eigenvalue weighted by Crippen LogP contribution is 2.37. The van der Waals surface area contributed by atoms with Crippen LogP contribution in [-0.4, -0.2) is 24.5 Å². The van der Waals surface area contributed by atoms with Crippen LogP contribution in [-0.2, 0) is 14.4 Å². The zero-order valence-electron chi connectivity index (χ0n) is 10.9. The number of carbonyl (C=O) groups is 2. The van der Waals surface area contributed by atoms with E-state index >= 15 is 0 Å². The maximum Gasteiger partial charge on any atom is 0.245 e. The van der Waals surface area contributed by atoms with E-state index in [0.717, 1.165) is 19.3 Å². The fourth-order valence-electron chi connectivity index (χ4n) is 2.32. The van der Waals surface area contributed by atoms with Gasteiger partial charge in [0.25, 0.3) is 0 Å². The van der Waals surface area contributed by atoms with E-state index in [2.05, 4.69) is 17.7 Å². The van der Waals surface area contributed by atoms with Gasteiger partial charge in [0.1, 0.15) is 0 Å². The third-order valence-electron chi connectivity index (χ3n) is 3.74. The quantitative estimate of drug-likeness (QED) is 0.698. The van der Waals surface area contributed by atoms with Crippen molar-refractivity contribution in [3.63, 3.8) is 0 Å². The maximum atomic E-state index is 11.5. The average Bonchev–Trinajstić information content (AvgIpc) is 2.88. The summed E-state index contributed by atoms with van der Waals surface area (Å²) in [6.45, 7) is 2.45. The largest absolute Gasteiger partial charge is 0.355 e. The molecule has 2 atom stereocenters. The molecule has 2 rings (SSSR count). The molecule has 5 heteroatoms. The van der Waals surface area contributed by atoms with Crippen molar-refractivity contribution < 1.29 is 14.4 Å². The molecule has 0 aromatic rings. The van der Waals surface area contributed by atoms with E-state index < -0.39 is 0 Å². The Hall–Kier alpha value is -1.10. The van der Waals surface area contributed by atoms with Crippen LogP contribution in [0.3, 0.4) is 0 Å². The second kappa shape index (κ2) is 6.18. The van der Waals surface area contributed by atoms with Crippen molar-refractivity contribution in [1.29, 1.82) is 0 Å². The van der Waals surface area contributed by atoms with Gasteiger partial charge in [-0.3, -0.25) is 14.4 Å². The van der Waals surface area contributed by atoms with Gasteiger partial charge < -0.3 is 5.32 Å². The van der Waals surface area contributed by atoms with Gasteiger partial charge in [0.15, 0.2) is 0 Å². The van der Waals surface area contributed by atoms with Crippen LogP contribution in [0, 0.1) is 11.8 Å². The molecule has 2 N–H and O–H groups in total. The molecule has 2 amide bonds. The number of hydrogen-bond acceptors (Lipinski definition) is 3. The summed E-state index contributed by atoms with van der Waals surface area (Å²) in [7, 11) is 0. The highest BCUT2D eigenvalue weighted by atomic mass is 16.7. The van der Waals surface area contributed by atoms with Crippen LogP contribution in [0.1, 0.15) is 45.4 Å². The summed E-state index contributed by atoms with van der Waals surface area (Å²) in [5.74, 6) is 0.588. The Balaban J connectivity index is 1.50. The molecule has 2 aliphatic carbocycles. The molecule has 0 aliphatic heterocycles. The highest BCUT2D eigenvalue weighted by Gasteiger charge is 2.38. The lowest BCUT2D eigenvalue weighted by atomic mass is 10.3. The Labute approximate surface area is 108 Å². The second-order valence-electron chi connectivity index (χ2n) is 5.41. The number of amides is 2. The Kier molecular flexibility index (Phi) is 4.58. The molecule has 102 valence electrons. The molecule has 2 saturated carbocycles. The van der Waals surface area contributed by atoms with Crippen molar-refractivity contribution in [3.05, 3.63) is 0 Å². The predicted octanol–water partition coefficient (Wildman–Crippen LogP) is 1.14. The molecule has 0 radical (unpaired) electrons. The SMILES string of the molecule is CC1CC1C(=O)NCCC(=O)NOC1CCCC1. The van der Waals surface area contributed by atoms with E-state index in [-0.39, 0.29) is 30.3 Å². The first-order chi connectivity index (χ1) is 8.66. The Bertz CT molecular complexity index is 313. The zero-order valence-corrected chi connectivity index (χ0v) is 10.9. The monoisotopic (exact) mass is 254 g/mol. The minimum Gasteiger partial charge on any atom is -0.355 e. The predicted molar refractivity (Wildman–Crippen MR) is 66.4 cm³/mol. The molecule has 5 nitrogen and oxygen atoms in total. The molecule has 0 aromatic heterocycles. The number of nitrogens with one attached hydrogen (secondary N) is 2. The van der Waals surface area contributed by atoms with E-state index in [1.165, 1.54) is 12.8 Å². The summed E-state index contributed by atoms with van der Waals surface area (Å²) >= 11 is 0. The Morgan fingerprint density at radius 1 is 1.28 bits per heavy atom. The van der Waals surface area contributed by atoms with Crippen molar-refractivity contribution in [2.24, 2.45) is 11.8 Å².